The van der Waals surface area contributed by atoms with Crippen LogP contribution in [0.5, 0.6) is 5.75 Å². The van der Waals surface area contributed by atoms with Crippen LogP contribution in [0, 0.1) is 5.82 Å². The first-order chi connectivity index (χ1) is 9.05. The van der Waals surface area contributed by atoms with Gasteiger partial charge in [-0.15, -0.1) is 0 Å². The predicted molar refractivity (Wildman–Crippen MR) is 69.6 cm³/mol. The van der Waals surface area contributed by atoms with Crippen molar-refractivity contribution in [2.45, 2.75) is 31.6 Å². The number of halogens is 1. The molecule has 0 aromatic heterocycles. The van der Waals surface area contributed by atoms with Gasteiger partial charge >= 0.3 is 0 Å². The second-order valence-corrected chi connectivity index (χ2v) is 4.94. The van der Waals surface area contributed by atoms with Gasteiger partial charge in [0.15, 0.2) is 11.6 Å². The predicted octanol–water partition coefficient (Wildman–Crippen LogP) is 1.46. The molecule has 1 saturated heterocycles. The summed E-state index contributed by atoms with van der Waals surface area (Å²) in [5.74, 6) is -0.140. The van der Waals surface area contributed by atoms with Crippen LogP contribution in [0.3, 0.4) is 0 Å². The monoisotopic (exact) mass is 269 g/mol. The Morgan fingerprint density at radius 2 is 2.37 bits per heavy atom. The molecule has 1 aromatic rings. The summed E-state index contributed by atoms with van der Waals surface area (Å²) in [5, 5.41) is 13.4. The van der Waals surface area contributed by atoms with Crippen molar-refractivity contribution in [1.29, 1.82) is 0 Å². The van der Waals surface area contributed by atoms with Gasteiger partial charge in [0.1, 0.15) is 5.60 Å². The summed E-state index contributed by atoms with van der Waals surface area (Å²) in [6, 6.07) is 4.83. The Morgan fingerprint density at radius 1 is 1.58 bits per heavy atom. The molecule has 0 aliphatic carbocycles. The molecule has 19 heavy (non-hydrogen) atoms. The lowest BCUT2D eigenvalue weighted by Gasteiger charge is -2.26. The van der Waals surface area contributed by atoms with Gasteiger partial charge in [0.2, 0.25) is 0 Å². The van der Waals surface area contributed by atoms with Crippen LogP contribution in [-0.2, 0) is 11.3 Å². The maximum Gasteiger partial charge on any atom is 0.165 e. The number of methoxy groups -OCH3 is 1. The molecule has 2 N–H and O–H groups in total. The molecule has 1 aliphatic rings. The summed E-state index contributed by atoms with van der Waals surface area (Å²) in [5.41, 5.74) is -0.0150. The summed E-state index contributed by atoms with van der Waals surface area (Å²) in [6.45, 7) is 3.37. The first kappa shape index (κ1) is 14.2. The fourth-order valence-electron chi connectivity index (χ4n) is 2.25. The largest absolute Gasteiger partial charge is 0.494 e. The van der Waals surface area contributed by atoms with E-state index in [0.29, 0.717) is 26.1 Å². The van der Waals surface area contributed by atoms with E-state index in [1.165, 1.54) is 13.2 Å². The normalized spacial score (nSPS) is 26.6. The Hall–Kier alpha value is -1.17. The maximum atomic E-state index is 13.5. The molecule has 5 heteroatoms. The Balaban J connectivity index is 1.87. The minimum Gasteiger partial charge on any atom is -0.494 e. The number of hydrogen-bond donors (Lipinski definition) is 2. The maximum absolute atomic E-state index is 13.5. The van der Waals surface area contributed by atoms with Gasteiger partial charge in [0, 0.05) is 26.1 Å². The van der Waals surface area contributed by atoms with Crippen molar-refractivity contribution in [2.75, 3.05) is 20.3 Å². The molecule has 4 nitrogen and oxygen atoms in total. The van der Waals surface area contributed by atoms with Crippen molar-refractivity contribution in [3.05, 3.63) is 29.6 Å². The third-order valence-electron chi connectivity index (χ3n) is 3.64. The van der Waals surface area contributed by atoms with Gasteiger partial charge in [-0.05, 0) is 24.6 Å². The van der Waals surface area contributed by atoms with Gasteiger partial charge < -0.3 is 19.9 Å². The van der Waals surface area contributed by atoms with E-state index in [1.54, 1.807) is 12.1 Å². The van der Waals surface area contributed by atoms with E-state index in [0.717, 1.165) is 5.56 Å². The standard InChI is InChI=1S/C14H20FNO3/c1-10-14(17,5-6-19-10)9-16-8-11-3-4-13(18-2)12(15)7-11/h3-4,7,10,16-17H,5-6,8-9H2,1-2H3. The number of benzene rings is 1. The molecule has 0 spiro atoms. The van der Waals surface area contributed by atoms with Crippen LogP contribution in [0.25, 0.3) is 0 Å². The number of nitrogens with one attached hydrogen (secondary N) is 1. The lowest BCUT2D eigenvalue weighted by atomic mass is 9.96. The number of rotatable bonds is 5. The van der Waals surface area contributed by atoms with Gasteiger partial charge in [-0.2, -0.15) is 0 Å². The molecular formula is C14H20FNO3. The number of ether oxygens (including phenoxy) is 2. The molecule has 2 atom stereocenters. The van der Waals surface area contributed by atoms with Crippen LogP contribution < -0.4 is 10.1 Å². The topological polar surface area (TPSA) is 50.7 Å². The van der Waals surface area contributed by atoms with Crippen LogP contribution in [-0.4, -0.2) is 37.1 Å². The van der Waals surface area contributed by atoms with Crippen molar-refractivity contribution in [2.24, 2.45) is 0 Å². The highest BCUT2D eigenvalue weighted by atomic mass is 19.1. The summed E-state index contributed by atoms with van der Waals surface area (Å²) >= 11 is 0. The molecule has 1 aliphatic heterocycles. The number of aliphatic hydroxyl groups is 1. The molecular weight excluding hydrogens is 249 g/mol. The van der Waals surface area contributed by atoms with E-state index in [-0.39, 0.29) is 17.7 Å². The van der Waals surface area contributed by atoms with Crippen LogP contribution in [0.2, 0.25) is 0 Å². The second kappa shape index (κ2) is 5.86. The average Bonchev–Trinajstić information content (AvgIpc) is 2.70. The van der Waals surface area contributed by atoms with Crippen molar-refractivity contribution >= 4 is 0 Å². The molecule has 0 saturated carbocycles. The third-order valence-corrected chi connectivity index (χ3v) is 3.64. The van der Waals surface area contributed by atoms with Crippen LogP contribution in [0.15, 0.2) is 18.2 Å². The Kier molecular flexibility index (Phi) is 4.39. The minimum absolute atomic E-state index is 0.174. The average molecular weight is 269 g/mol. The Morgan fingerprint density at radius 3 is 2.95 bits per heavy atom. The Labute approximate surface area is 112 Å². The van der Waals surface area contributed by atoms with E-state index >= 15 is 0 Å². The second-order valence-electron chi connectivity index (χ2n) is 4.94. The van der Waals surface area contributed by atoms with Crippen LogP contribution in [0.1, 0.15) is 18.9 Å². The quantitative estimate of drug-likeness (QED) is 0.850. The molecule has 0 radical (unpaired) electrons. The molecule has 106 valence electrons. The molecule has 0 bridgehead atoms. The molecule has 1 aromatic carbocycles. The van der Waals surface area contributed by atoms with Gasteiger partial charge in [-0.25, -0.2) is 4.39 Å². The summed E-state index contributed by atoms with van der Waals surface area (Å²) in [6.07, 6.45) is 0.450. The zero-order chi connectivity index (χ0) is 13.9. The molecule has 1 fully saturated rings. The van der Waals surface area contributed by atoms with Crippen molar-refractivity contribution in [3.63, 3.8) is 0 Å². The fraction of sp³-hybridized carbons (Fsp3) is 0.571. The van der Waals surface area contributed by atoms with E-state index in [9.17, 15) is 9.50 Å². The van der Waals surface area contributed by atoms with Crippen molar-refractivity contribution in [3.8, 4) is 5.75 Å². The zero-order valence-corrected chi connectivity index (χ0v) is 11.3. The lowest BCUT2D eigenvalue weighted by molar-refractivity contribution is -0.0263. The fourth-order valence-corrected chi connectivity index (χ4v) is 2.25. The summed E-state index contributed by atoms with van der Waals surface area (Å²) < 4.78 is 23.7. The molecule has 2 unspecified atom stereocenters. The Bertz CT molecular complexity index is 441. The SMILES string of the molecule is COc1ccc(CNCC2(O)CCOC2C)cc1F. The highest BCUT2D eigenvalue weighted by molar-refractivity contribution is 5.29. The first-order valence-electron chi connectivity index (χ1n) is 6.42. The minimum atomic E-state index is -0.828. The van der Waals surface area contributed by atoms with Crippen LogP contribution in [0.4, 0.5) is 4.39 Å². The first-order valence-corrected chi connectivity index (χ1v) is 6.42. The van der Waals surface area contributed by atoms with E-state index in [4.69, 9.17) is 9.47 Å². The van der Waals surface area contributed by atoms with Crippen molar-refractivity contribution in [1.82, 2.24) is 5.32 Å². The van der Waals surface area contributed by atoms with Crippen molar-refractivity contribution < 1.29 is 19.0 Å². The molecule has 1 heterocycles. The van der Waals surface area contributed by atoms with Crippen LogP contribution >= 0.6 is 0 Å². The molecule has 0 amide bonds. The lowest BCUT2D eigenvalue weighted by Crippen LogP contribution is -2.45. The molecule has 2 rings (SSSR count). The summed E-state index contributed by atoms with van der Waals surface area (Å²) in [4.78, 5) is 0. The van der Waals surface area contributed by atoms with Gasteiger partial charge in [-0.1, -0.05) is 6.07 Å². The zero-order valence-electron chi connectivity index (χ0n) is 11.3. The highest BCUT2D eigenvalue weighted by Gasteiger charge is 2.38. The number of hydrogen-bond acceptors (Lipinski definition) is 4. The summed E-state index contributed by atoms with van der Waals surface area (Å²) in [7, 11) is 1.44. The van der Waals surface area contributed by atoms with E-state index in [1.807, 2.05) is 6.92 Å². The van der Waals surface area contributed by atoms with E-state index in [2.05, 4.69) is 5.32 Å². The van der Waals surface area contributed by atoms with E-state index < -0.39 is 5.60 Å². The van der Waals surface area contributed by atoms with Gasteiger partial charge in [0.05, 0.1) is 13.2 Å². The van der Waals surface area contributed by atoms with Gasteiger partial charge in [0.25, 0.3) is 0 Å². The highest BCUT2D eigenvalue weighted by Crippen LogP contribution is 2.25. The third kappa shape index (κ3) is 3.23. The smallest absolute Gasteiger partial charge is 0.165 e. The van der Waals surface area contributed by atoms with Gasteiger partial charge in [-0.3, -0.25) is 0 Å².